The maximum Gasteiger partial charge on any atom is 0.335 e. The van der Waals surface area contributed by atoms with E-state index in [4.69, 9.17) is 0 Å². The summed E-state index contributed by atoms with van der Waals surface area (Å²) < 4.78 is 130. The van der Waals surface area contributed by atoms with Gasteiger partial charge in [0.25, 0.3) is 0 Å². The van der Waals surface area contributed by atoms with Crippen molar-refractivity contribution in [1.82, 2.24) is 0 Å². The van der Waals surface area contributed by atoms with E-state index >= 15 is 0 Å². The molecule has 0 fully saturated rings. The summed E-state index contributed by atoms with van der Waals surface area (Å²) in [5, 5.41) is 0. The maximum absolute atomic E-state index is 14.6. The van der Waals surface area contributed by atoms with Crippen LogP contribution in [0.4, 0.5) is 39.5 Å². The molecule has 2 aromatic rings. The van der Waals surface area contributed by atoms with Crippen LogP contribution in [-0.2, 0) is 10.7 Å². The Bertz CT molecular complexity index is 1040. The maximum atomic E-state index is 14.6. The van der Waals surface area contributed by atoms with Gasteiger partial charge in [0, 0.05) is 17.2 Å². The fourth-order valence-corrected chi connectivity index (χ4v) is 2.70. The lowest BCUT2D eigenvalue weighted by atomic mass is 10.0. The summed E-state index contributed by atoms with van der Waals surface area (Å²) in [6, 6.07) is 0. The Balaban J connectivity index is 2.55. The predicted octanol–water partition coefficient (Wildman–Crippen LogP) is 4.87. The minimum absolute atomic E-state index is 0.341. The summed E-state index contributed by atoms with van der Waals surface area (Å²) in [6.07, 6.45) is 0.341. The van der Waals surface area contributed by atoms with Crippen molar-refractivity contribution in [2.45, 2.75) is 5.92 Å². The van der Waals surface area contributed by atoms with Crippen LogP contribution >= 0.6 is 0 Å². The standard InChI is InChI=1S/C16H3F9O2/c1-2-3(26)27-15-7-5(9(18)12(21)14(15)23)4-6(16(7,24)25)10(19)13(22)11(20)8(4)17/h2H,1H2. The topological polar surface area (TPSA) is 26.3 Å². The van der Waals surface area contributed by atoms with Gasteiger partial charge in [-0.2, -0.15) is 13.2 Å². The van der Waals surface area contributed by atoms with Crippen molar-refractivity contribution in [3.05, 3.63) is 64.5 Å². The first-order chi connectivity index (χ1) is 12.5. The molecule has 0 amide bonds. The lowest BCUT2D eigenvalue weighted by molar-refractivity contribution is -0.129. The van der Waals surface area contributed by atoms with Crippen LogP contribution in [-0.4, -0.2) is 5.97 Å². The third kappa shape index (κ3) is 2.26. The SMILES string of the molecule is C=CC(=O)Oc1c(F)c(F)c(F)c2c1C(F)(F)c1c(F)c(F)c(F)c(F)c1-2. The molecule has 1 aliphatic carbocycles. The highest BCUT2D eigenvalue weighted by Gasteiger charge is 2.55. The summed E-state index contributed by atoms with van der Waals surface area (Å²) >= 11 is 0. The van der Waals surface area contributed by atoms with Crippen LogP contribution in [0.25, 0.3) is 11.1 Å². The van der Waals surface area contributed by atoms with Crippen LogP contribution in [0.15, 0.2) is 12.7 Å². The number of esters is 1. The lowest BCUT2D eigenvalue weighted by Gasteiger charge is -2.17. The van der Waals surface area contributed by atoms with E-state index in [9.17, 15) is 44.3 Å². The molecule has 142 valence electrons. The van der Waals surface area contributed by atoms with Gasteiger partial charge in [-0.15, -0.1) is 0 Å². The zero-order valence-corrected chi connectivity index (χ0v) is 12.5. The Hall–Kier alpha value is -2.98. The van der Waals surface area contributed by atoms with E-state index < -0.39 is 80.6 Å². The lowest BCUT2D eigenvalue weighted by Crippen LogP contribution is -2.19. The molecule has 0 bridgehead atoms. The molecule has 0 atom stereocenters. The Kier molecular flexibility index (Phi) is 4.01. The summed E-state index contributed by atoms with van der Waals surface area (Å²) in [5.41, 5.74) is -7.88. The number of halogens is 9. The number of alkyl halides is 2. The highest BCUT2D eigenvalue weighted by atomic mass is 19.3. The average molecular weight is 398 g/mol. The van der Waals surface area contributed by atoms with E-state index in [-0.39, 0.29) is 0 Å². The number of hydrogen-bond acceptors (Lipinski definition) is 2. The summed E-state index contributed by atoms with van der Waals surface area (Å²) in [6.45, 7) is 2.88. The number of carbonyl (C=O) groups is 1. The summed E-state index contributed by atoms with van der Waals surface area (Å²) in [7, 11) is 0. The van der Waals surface area contributed by atoms with Gasteiger partial charge in [-0.25, -0.2) is 31.1 Å². The number of hydrogen-bond donors (Lipinski definition) is 0. The van der Waals surface area contributed by atoms with Gasteiger partial charge in [-0.3, -0.25) is 0 Å². The molecule has 0 unspecified atom stereocenters. The monoisotopic (exact) mass is 398 g/mol. The molecule has 0 spiro atoms. The van der Waals surface area contributed by atoms with E-state index in [1.54, 1.807) is 0 Å². The molecule has 0 aromatic heterocycles. The zero-order valence-electron chi connectivity index (χ0n) is 12.5. The molecular formula is C16H3F9O2. The van der Waals surface area contributed by atoms with Crippen LogP contribution in [0.2, 0.25) is 0 Å². The van der Waals surface area contributed by atoms with E-state index in [1.165, 1.54) is 0 Å². The highest BCUT2D eigenvalue weighted by Crippen LogP contribution is 2.58. The third-order valence-electron chi connectivity index (χ3n) is 3.80. The van der Waals surface area contributed by atoms with Gasteiger partial charge >= 0.3 is 11.9 Å². The quantitative estimate of drug-likeness (QED) is 0.180. The molecule has 0 saturated heterocycles. The number of benzene rings is 2. The van der Waals surface area contributed by atoms with Crippen LogP contribution in [0.3, 0.4) is 0 Å². The van der Waals surface area contributed by atoms with Gasteiger partial charge in [-0.1, -0.05) is 6.58 Å². The largest absolute Gasteiger partial charge is 0.420 e. The van der Waals surface area contributed by atoms with E-state index in [0.717, 1.165) is 0 Å². The van der Waals surface area contributed by atoms with Crippen LogP contribution < -0.4 is 4.74 Å². The molecule has 0 saturated carbocycles. The van der Waals surface area contributed by atoms with Crippen molar-refractivity contribution in [3.8, 4) is 16.9 Å². The van der Waals surface area contributed by atoms with Crippen molar-refractivity contribution in [1.29, 1.82) is 0 Å². The number of ether oxygens (including phenoxy) is 1. The normalized spacial score (nSPS) is 14.0. The van der Waals surface area contributed by atoms with Crippen molar-refractivity contribution in [2.75, 3.05) is 0 Å². The number of rotatable bonds is 2. The second-order valence-electron chi connectivity index (χ2n) is 5.23. The fourth-order valence-electron chi connectivity index (χ4n) is 2.70. The average Bonchev–Trinajstić information content (AvgIpc) is 2.87. The number of fused-ring (bicyclic) bond motifs is 3. The third-order valence-corrected chi connectivity index (χ3v) is 3.80. The van der Waals surface area contributed by atoms with Crippen LogP contribution in [0.5, 0.6) is 5.75 Å². The highest BCUT2D eigenvalue weighted by molar-refractivity contribution is 5.87. The molecule has 0 N–H and O–H groups in total. The van der Waals surface area contributed by atoms with Crippen molar-refractivity contribution in [2.24, 2.45) is 0 Å². The molecule has 27 heavy (non-hydrogen) atoms. The van der Waals surface area contributed by atoms with Gasteiger partial charge in [0.1, 0.15) is 0 Å². The van der Waals surface area contributed by atoms with E-state index in [1.807, 2.05) is 0 Å². The first-order valence-corrected chi connectivity index (χ1v) is 6.76. The first-order valence-electron chi connectivity index (χ1n) is 6.76. The second kappa shape index (κ2) is 5.76. The Morgan fingerprint density at radius 2 is 1.19 bits per heavy atom. The Morgan fingerprint density at radius 3 is 1.70 bits per heavy atom. The number of carbonyl (C=O) groups excluding carboxylic acids is 1. The van der Waals surface area contributed by atoms with Crippen molar-refractivity contribution in [3.63, 3.8) is 0 Å². The first kappa shape index (κ1) is 18.8. The molecule has 1 aliphatic rings. The van der Waals surface area contributed by atoms with Gasteiger partial charge in [0.2, 0.25) is 5.82 Å². The molecule has 0 aliphatic heterocycles. The fraction of sp³-hybridized carbons (Fsp3) is 0.0625. The van der Waals surface area contributed by atoms with Crippen LogP contribution in [0.1, 0.15) is 11.1 Å². The van der Waals surface area contributed by atoms with Gasteiger partial charge in [0.05, 0.1) is 11.1 Å². The molecule has 0 heterocycles. The zero-order chi connectivity index (χ0) is 20.4. The minimum Gasteiger partial charge on any atom is -0.420 e. The Morgan fingerprint density at radius 1 is 0.741 bits per heavy atom. The molecule has 2 nitrogen and oxygen atoms in total. The molecule has 2 aromatic carbocycles. The van der Waals surface area contributed by atoms with Gasteiger partial charge < -0.3 is 4.74 Å². The molecule has 3 rings (SSSR count). The smallest absolute Gasteiger partial charge is 0.335 e. The molecule has 0 radical (unpaired) electrons. The summed E-state index contributed by atoms with van der Waals surface area (Å²) in [4.78, 5) is 11.2. The summed E-state index contributed by atoms with van der Waals surface area (Å²) in [5.74, 6) is -26.1. The van der Waals surface area contributed by atoms with E-state index in [0.29, 0.717) is 6.08 Å². The van der Waals surface area contributed by atoms with E-state index in [2.05, 4.69) is 11.3 Å². The van der Waals surface area contributed by atoms with Gasteiger partial charge in [-0.05, 0) is 0 Å². The Labute approximate surface area is 143 Å². The second-order valence-corrected chi connectivity index (χ2v) is 5.23. The molecular weight excluding hydrogens is 395 g/mol. The van der Waals surface area contributed by atoms with Crippen molar-refractivity contribution < 1.29 is 49.0 Å². The minimum atomic E-state index is -4.91. The van der Waals surface area contributed by atoms with Gasteiger partial charge in [0.15, 0.2) is 40.7 Å². The van der Waals surface area contributed by atoms with Crippen LogP contribution in [0, 0.1) is 40.7 Å². The van der Waals surface area contributed by atoms with Crippen molar-refractivity contribution >= 4 is 5.97 Å². The molecule has 11 heteroatoms. The predicted molar refractivity (Wildman–Crippen MR) is 70.4 cm³/mol.